The fraction of sp³-hybridized carbons (Fsp3) is 0.515. The molecule has 9 heteroatoms. The number of esters is 1. The molecule has 1 aliphatic carbocycles. The molecule has 2 aromatic carbocycles. The van der Waals surface area contributed by atoms with Crippen LogP contribution < -0.4 is 19.5 Å². The summed E-state index contributed by atoms with van der Waals surface area (Å²) in [5.41, 5.74) is 1.54. The number of hydrogen-bond acceptors (Lipinski definition) is 8. The molecule has 228 valence electrons. The van der Waals surface area contributed by atoms with Crippen molar-refractivity contribution in [3.63, 3.8) is 0 Å². The first-order chi connectivity index (χ1) is 20.4. The van der Waals surface area contributed by atoms with Gasteiger partial charge in [-0.15, -0.1) is 0 Å². The van der Waals surface area contributed by atoms with Crippen LogP contribution in [0.2, 0.25) is 0 Å². The molecule has 9 nitrogen and oxygen atoms in total. The molecule has 0 unspecified atom stereocenters. The lowest BCUT2D eigenvalue weighted by Gasteiger charge is -2.37. The smallest absolute Gasteiger partial charge is 0.307 e. The Bertz CT molecular complexity index is 1220. The van der Waals surface area contributed by atoms with Crippen molar-refractivity contribution in [2.24, 2.45) is 0 Å². The first-order valence-corrected chi connectivity index (χ1v) is 14.8. The number of nitrogens with zero attached hydrogens (tertiary/aromatic N) is 1. The number of nitrogens with one attached hydrogen (secondary N) is 1. The van der Waals surface area contributed by atoms with Gasteiger partial charge in [0.05, 0.1) is 44.7 Å². The fourth-order valence-corrected chi connectivity index (χ4v) is 5.75. The van der Waals surface area contributed by atoms with Gasteiger partial charge in [-0.1, -0.05) is 37.6 Å². The molecule has 1 aliphatic heterocycles. The lowest BCUT2D eigenvalue weighted by molar-refractivity contribution is -0.148. The molecule has 42 heavy (non-hydrogen) atoms. The van der Waals surface area contributed by atoms with Gasteiger partial charge in [-0.3, -0.25) is 14.5 Å². The van der Waals surface area contributed by atoms with E-state index in [1.165, 1.54) is 12.8 Å². The molecule has 4 rings (SSSR count). The molecule has 0 spiro atoms. The minimum atomic E-state index is -0.306. The highest BCUT2D eigenvalue weighted by atomic mass is 16.5. The Morgan fingerprint density at radius 2 is 1.79 bits per heavy atom. The van der Waals surface area contributed by atoms with Crippen LogP contribution >= 0.6 is 0 Å². The Morgan fingerprint density at radius 3 is 2.57 bits per heavy atom. The van der Waals surface area contributed by atoms with Gasteiger partial charge >= 0.3 is 5.97 Å². The van der Waals surface area contributed by atoms with Gasteiger partial charge < -0.3 is 29.0 Å². The number of hydrogen-bond donors (Lipinski definition) is 1. The Hall–Kier alpha value is -3.56. The zero-order valence-corrected chi connectivity index (χ0v) is 25.1. The number of allylic oxidation sites excluding steroid dienone is 1. The number of carbonyl (C=O) groups excluding carboxylic acids is 2. The van der Waals surface area contributed by atoms with Crippen molar-refractivity contribution in [1.29, 1.82) is 0 Å². The molecule has 1 N–H and O–H groups in total. The van der Waals surface area contributed by atoms with Crippen molar-refractivity contribution in [2.75, 3.05) is 40.5 Å². The Morgan fingerprint density at radius 1 is 1.00 bits per heavy atom. The van der Waals surface area contributed by atoms with Gasteiger partial charge in [0, 0.05) is 25.7 Å². The number of ether oxygens (including phenoxy) is 5. The van der Waals surface area contributed by atoms with Crippen LogP contribution in [0, 0.1) is 0 Å². The summed E-state index contributed by atoms with van der Waals surface area (Å²) < 4.78 is 28.5. The predicted octanol–water partition coefficient (Wildman–Crippen LogP) is 4.92. The van der Waals surface area contributed by atoms with E-state index in [0.717, 1.165) is 49.3 Å². The van der Waals surface area contributed by atoms with Crippen LogP contribution in [0.15, 0.2) is 54.8 Å². The third kappa shape index (κ3) is 8.72. The second kappa shape index (κ2) is 15.6. The Balaban J connectivity index is 1.20. The normalized spacial score (nSPS) is 20.5. The summed E-state index contributed by atoms with van der Waals surface area (Å²) in [5, 5.41) is 2.79. The third-order valence-electron chi connectivity index (χ3n) is 7.81. The van der Waals surface area contributed by atoms with E-state index in [2.05, 4.69) is 16.8 Å². The molecule has 2 aliphatic rings. The summed E-state index contributed by atoms with van der Waals surface area (Å²) in [7, 11) is 3.28. The minimum Gasteiger partial charge on any atom is -0.493 e. The van der Waals surface area contributed by atoms with Gasteiger partial charge in [0.2, 0.25) is 0 Å². The van der Waals surface area contributed by atoms with Crippen molar-refractivity contribution < 1.29 is 33.3 Å². The van der Waals surface area contributed by atoms with Gasteiger partial charge in [0.15, 0.2) is 11.5 Å². The molecule has 1 saturated heterocycles. The summed E-state index contributed by atoms with van der Waals surface area (Å²) >= 11 is 0. The van der Waals surface area contributed by atoms with Crippen LogP contribution in [0.3, 0.4) is 0 Å². The number of carbonyl (C=O) groups is 2. The third-order valence-corrected chi connectivity index (χ3v) is 7.81. The maximum absolute atomic E-state index is 12.6. The fourth-order valence-electron chi connectivity index (χ4n) is 5.75. The molecular weight excluding hydrogens is 536 g/mol. The molecule has 0 aromatic heterocycles. The van der Waals surface area contributed by atoms with Crippen molar-refractivity contribution in [3.8, 4) is 17.2 Å². The highest BCUT2D eigenvalue weighted by molar-refractivity contribution is 5.97. The summed E-state index contributed by atoms with van der Waals surface area (Å²) in [4.78, 5) is 27.6. The predicted molar refractivity (Wildman–Crippen MR) is 160 cm³/mol. The molecule has 2 fully saturated rings. The number of methoxy groups -OCH3 is 2. The Labute approximate surface area is 249 Å². The van der Waals surface area contributed by atoms with Gasteiger partial charge in [0.25, 0.3) is 5.91 Å². The lowest BCUT2D eigenvalue weighted by Crippen LogP contribution is -2.46. The van der Waals surface area contributed by atoms with Gasteiger partial charge in [-0.05, 0) is 62.4 Å². The van der Waals surface area contributed by atoms with E-state index < -0.39 is 0 Å². The monoisotopic (exact) mass is 580 g/mol. The maximum Gasteiger partial charge on any atom is 0.307 e. The number of benzene rings is 2. The van der Waals surface area contributed by atoms with Crippen molar-refractivity contribution in [2.45, 2.75) is 70.1 Å². The highest BCUT2D eigenvalue weighted by Crippen LogP contribution is 2.30. The Kier molecular flexibility index (Phi) is 11.7. The molecule has 1 saturated carbocycles. The van der Waals surface area contributed by atoms with Gasteiger partial charge in [-0.25, -0.2) is 0 Å². The summed E-state index contributed by atoms with van der Waals surface area (Å²) in [5.74, 6) is 1.76. The van der Waals surface area contributed by atoms with E-state index in [9.17, 15) is 9.59 Å². The molecule has 2 aromatic rings. The molecular formula is C33H44N2O7. The van der Waals surface area contributed by atoms with Crippen molar-refractivity contribution >= 4 is 11.9 Å². The topological polar surface area (TPSA) is 95.6 Å². The van der Waals surface area contributed by atoms with Crippen LogP contribution in [0.5, 0.6) is 17.2 Å². The zero-order valence-electron chi connectivity index (χ0n) is 25.1. The van der Waals surface area contributed by atoms with Crippen LogP contribution in [0.4, 0.5) is 0 Å². The molecule has 0 radical (unpaired) electrons. The molecule has 3 atom stereocenters. The summed E-state index contributed by atoms with van der Waals surface area (Å²) in [6, 6.07) is 13.2. The molecule has 1 heterocycles. The van der Waals surface area contributed by atoms with E-state index in [0.29, 0.717) is 36.3 Å². The second-order valence-electron chi connectivity index (χ2n) is 10.9. The van der Waals surface area contributed by atoms with Crippen LogP contribution in [0.25, 0.3) is 0 Å². The van der Waals surface area contributed by atoms with Crippen LogP contribution in [0.1, 0.15) is 61.4 Å². The van der Waals surface area contributed by atoms with E-state index in [1.54, 1.807) is 45.4 Å². The van der Waals surface area contributed by atoms with E-state index in [-0.39, 0.29) is 37.0 Å². The van der Waals surface area contributed by atoms with Crippen molar-refractivity contribution in [1.82, 2.24) is 10.2 Å². The summed E-state index contributed by atoms with van der Waals surface area (Å²) in [6.45, 7) is 7.87. The first-order valence-electron chi connectivity index (χ1n) is 14.8. The largest absolute Gasteiger partial charge is 0.493 e. The number of amides is 1. The lowest BCUT2D eigenvalue weighted by atomic mass is 9.91. The standard InChI is InChI=1S/C33H44N2O7/c1-23(2)41-28-11-7-5-9-26(28)33(37)34-18-15-32(36)42-25-16-19-35(22-25)27-10-6-8-12-29(27)40-20-17-24-13-14-30(38-3)31(21-24)39-4/h5,7,9,11,13-14,21,25,27,29H,1,6,8,10,12,15-20,22H2,2-4H3,(H,34,37)/t25-,27-,29-/m1/s1. The minimum absolute atomic E-state index is 0.108. The van der Waals surface area contributed by atoms with Gasteiger partial charge in [-0.2, -0.15) is 0 Å². The number of para-hydroxylation sites is 1. The number of rotatable bonds is 14. The van der Waals surface area contributed by atoms with E-state index in [1.807, 2.05) is 18.2 Å². The van der Waals surface area contributed by atoms with E-state index >= 15 is 0 Å². The molecule has 1 amide bonds. The molecule has 0 bridgehead atoms. The van der Waals surface area contributed by atoms with Crippen LogP contribution in [-0.4, -0.2) is 75.5 Å². The second-order valence-corrected chi connectivity index (χ2v) is 10.9. The van der Waals surface area contributed by atoms with Crippen molar-refractivity contribution in [3.05, 3.63) is 65.9 Å². The maximum atomic E-state index is 12.6. The SMILES string of the molecule is C=C(C)Oc1ccccc1C(=O)NCCC(=O)O[C@@H]1CCN([C@@H]2CCCC[C@H]2OCCc2ccc(OC)c(OC)c2)C1. The summed E-state index contributed by atoms with van der Waals surface area (Å²) in [6.07, 6.45) is 6.21. The highest BCUT2D eigenvalue weighted by Gasteiger charge is 2.36. The van der Waals surface area contributed by atoms with E-state index in [4.69, 9.17) is 23.7 Å². The average Bonchev–Trinajstić information content (AvgIpc) is 3.45. The van der Waals surface area contributed by atoms with Crippen LogP contribution in [-0.2, 0) is 20.7 Å². The average molecular weight is 581 g/mol. The zero-order chi connectivity index (χ0) is 29.9. The van der Waals surface area contributed by atoms with Gasteiger partial charge in [0.1, 0.15) is 11.9 Å². The quantitative estimate of drug-likeness (QED) is 0.249. The number of likely N-dealkylation sites (tertiary alicyclic amines) is 1. The first kappa shape index (κ1) is 31.4.